The number of nitrogens with zero attached hydrogens (tertiary/aromatic N) is 2. The second-order valence-corrected chi connectivity index (χ2v) is 7.82. The predicted molar refractivity (Wildman–Crippen MR) is 85.2 cm³/mol. The topological polar surface area (TPSA) is 37.8 Å². The average Bonchev–Trinajstić information content (AvgIpc) is 3.03. The Kier molecular flexibility index (Phi) is 4.38. The number of nitrogens with one attached hydrogen (secondary N) is 1. The third-order valence-electron chi connectivity index (χ3n) is 3.23. The van der Waals surface area contributed by atoms with E-state index in [1.807, 2.05) is 11.8 Å². The lowest BCUT2D eigenvalue weighted by Gasteiger charge is -2.04. The first-order valence-corrected chi connectivity index (χ1v) is 8.69. The molecule has 0 amide bonds. The molecule has 0 spiro atoms. The van der Waals surface area contributed by atoms with Gasteiger partial charge < -0.3 is 5.32 Å². The molecular formula is C15H19N3S2. The van der Waals surface area contributed by atoms with E-state index in [4.69, 9.17) is 0 Å². The Morgan fingerprint density at radius 2 is 2.15 bits per heavy atom. The summed E-state index contributed by atoms with van der Waals surface area (Å²) in [5.74, 6) is 0.669. The van der Waals surface area contributed by atoms with Crippen LogP contribution in [-0.2, 0) is 13.0 Å². The van der Waals surface area contributed by atoms with Crippen molar-refractivity contribution in [1.82, 2.24) is 15.5 Å². The second-order valence-electron chi connectivity index (χ2n) is 5.48. The normalized spacial score (nSPS) is 17.6. The van der Waals surface area contributed by atoms with E-state index in [1.54, 1.807) is 11.3 Å². The molecular weight excluding hydrogens is 286 g/mol. The van der Waals surface area contributed by atoms with Crippen molar-refractivity contribution in [3.63, 3.8) is 0 Å². The third-order valence-corrected chi connectivity index (χ3v) is 5.75. The Hall–Kier alpha value is -0.910. The van der Waals surface area contributed by atoms with Gasteiger partial charge in [0.1, 0.15) is 10.0 Å². The minimum atomic E-state index is 0.448. The highest BCUT2D eigenvalue weighted by atomic mass is 32.2. The zero-order valence-electron chi connectivity index (χ0n) is 11.8. The summed E-state index contributed by atoms with van der Waals surface area (Å²) in [5.41, 5.74) is 1.44. The summed E-state index contributed by atoms with van der Waals surface area (Å²) in [5, 5.41) is 14.8. The van der Waals surface area contributed by atoms with Gasteiger partial charge in [0.25, 0.3) is 0 Å². The summed E-state index contributed by atoms with van der Waals surface area (Å²) >= 11 is 3.67. The Morgan fingerprint density at radius 3 is 2.95 bits per heavy atom. The number of fused-ring (bicyclic) bond motifs is 1. The molecule has 0 bridgehead atoms. The molecule has 0 aliphatic carbocycles. The van der Waals surface area contributed by atoms with Crippen molar-refractivity contribution >= 4 is 23.1 Å². The van der Waals surface area contributed by atoms with E-state index in [1.165, 1.54) is 10.5 Å². The van der Waals surface area contributed by atoms with Crippen LogP contribution in [0.1, 0.15) is 34.7 Å². The van der Waals surface area contributed by atoms with Gasteiger partial charge in [0.2, 0.25) is 0 Å². The first-order valence-electron chi connectivity index (χ1n) is 7.00. The molecule has 1 aliphatic heterocycles. The lowest BCUT2D eigenvalue weighted by molar-refractivity contribution is 0.550. The minimum Gasteiger partial charge on any atom is -0.310 e. The van der Waals surface area contributed by atoms with Crippen molar-refractivity contribution in [2.45, 2.75) is 37.0 Å². The number of aromatic nitrogens is 2. The summed E-state index contributed by atoms with van der Waals surface area (Å²) < 4.78 is 0. The fraction of sp³-hybridized carbons (Fsp3) is 0.467. The molecule has 0 radical (unpaired) electrons. The van der Waals surface area contributed by atoms with Crippen molar-refractivity contribution in [2.75, 3.05) is 6.54 Å². The van der Waals surface area contributed by atoms with Crippen LogP contribution in [0, 0.1) is 5.92 Å². The van der Waals surface area contributed by atoms with Gasteiger partial charge in [0.15, 0.2) is 0 Å². The minimum absolute atomic E-state index is 0.448. The van der Waals surface area contributed by atoms with E-state index in [2.05, 4.69) is 53.6 Å². The number of benzene rings is 1. The van der Waals surface area contributed by atoms with Crippen LogP contribution < -0.4 is 5.32 Å². The smallest absolute Gasteiger partial charge is 0.131 e. The monoisotopic (exact) mass is 305 g/mol. The van der Waals surface area contributed by atoms with E-state index < -0.39 is 0 Å². The molecule has 0 saturated heterocycles. The van der Waals surface area contributed by atoms with Gasteiger partial charge in [-0.25, -0.2) is 0 Å². The van der Waals surface area contributed by atoms with Gasteiger partial charge in [0, 0.05) is 11.4 Å². The van der Waals surface area contributed by atoms with Crippen molar-refractivity contribution in [1.29, 1.82) is 0 Å². The van der Waals surface area contributed by atoms with Gasteiger partial charge in [-0.1, -0.05) is 43.4 Å². The fourth-order valence-electron chi connectivity index (χ4n) is 2.26. The number of hydrogen-bond donors (Lipinski definition) is 1. The highest BCUT2D eigenvalue weighted by molar-refractivity contribution is 8.00. The third kappa shape index (κ3) is 3.22. The van der Waals surface area contributed by atoms with Crippen LogP contribution in [0.5, 0.6) is 0 Å². The maximum atomic E-state index is 4.39. The van der Waals surface area contributed by atoms with Gasteiger partial charge in [0.05, 0.1) is 5.25 Å². The van der Waals surface area contributed by atoms with Gasteiger partial charge in [-0.15, -0.1) is 22.0 Å². The van der Waals surface area contributed by atoms with Crippen LogP contribution >= 0.6 is 23.1 Å². The van der Waals surface area contributed by atoms with E-state index in [0.717, 1.165) is 29.5 Å². The molecule has 20 heavy (non-hydrogen) atoms. The zero-order valence-corrected chi connectivity index (χ0v) is 13.4. The second kappa shape index (κ2) is 6.24. The van der Waals surface area contributed by atoms with Crippen LogP contribution in [0.25, 0.3) is 0 Å². The van der Waals surface area contributed by atoms with Crippen molar-refractivity contribution in [3.05, 3.63) is 39.8 Å². The molecule has 1 aliphatic rings. The molecule has 5 heteroatoms. The molecule has 106 valence electrons. The molecule has 2 heterocycles. The predicted octanol–water partition coefficient (Wildman–Crippen LogP) is 3.67. The van der Waals surface area contributed by atoms with Crippen molar-refractivity contribution in [2.24, 2.45) is 5.92 Å². The van der Waals surface area contributed by atoms with Gasteiger partial charge in [-0.2, -0.15) is 0 Å². The van der Waals surface area contributed by atoms with E-state index >= 15 is 0 Å². The molecule has 1 N–H and O–H groups in total. The van der Waals surface area contributed by atoms with Crippen LogP contribution in [0.3, 0.4) is 0 Å². The first-order chi connectivity index (χ1) is 9.72. The van der Waals surface area contributed by atoms with Crippen LogP contribution in [0.2, 0.25) is 0 Å². The van der Waals surface area contributed by atoms with Crippen LogP contribution in [-0.4, -0.2) is 16.7 Å². The van der Waals surface area contributed by atoms with Gasteiger partial charge in [-0.3, -0.25) is 0 Å². The molecule has 1 unspecified atom stereocenters. The highest BCUT2D eigenvalue weighted by Crippen LogP contribution is 2.46. The number of hydrogen-bond acceptors (Lipinski definition) is 5. The summed E-state index contributed by atoms with van der Waals surface area (Å²) in [7, 11) is 0. The van der Waals surface area contributed by atoms with E-state index in [0.29, 0.717) is 11.2 Å². The van der Waals surface area contributed by atoms with Crippen molar-refractivity contribution < 1.29 is 0 Å². The van der Waals surface area contributed by atoms with E-state index in [9.17, 15) is 0 Å². The first kappa shape index (κ1) is 14.0. The summed E-state index contributed by atoms with van der Waals surface area (Å²) in [6.45, 7) is 6.29. The Labute approximate surface area is 128 Å². The molecule has 1 atom stereocenters. The molecule has 3 nitrogen and oxygen atoms in total. The number of thioether (sulfide) groups is 1. The molecule has 1 aromatic heterocycles. The summed E-state index contributed by atoms with van der Waals surface area (Å²) in [6, 6.07) is 8.64. The maximum absolute atomic E-state index is 4.39. The van der Waals surface area contributed by atoms with Crippen LogP contribution in [0.4, 0.5) is 0 Å². The molecule has 3 rings (SSSR count). The average molecular weight is 305 g/mol. The van der Waals surface area contributed by atoms with Crippen LogP contribution in [0.15, 0.2) is 29.2 Å². The van der Waals surface area contributed by atoms with E-state index in [-0.39, 0.29) is 0 Å². The lowest BCUT2D eigenvalue weighted by Crippen LogP contribution is -2.18. The molecule has 1 aromatic carbocycles. The summed E-state index contributed by atoms with van der Waals surface area (Å²) in [4.78, 5) is 1.40. The Bertz CT molecular complexity index is 555. The van der Waals surface area contributed by atoms with Gasteiger partial charge >= 0.3 is 0 Å². The fourth-order valence-corrected chi connectivity index (χ4v) is 4.52. The SMILES string of the molecule is CC(C)CNCc1nnc(C2Cc3ccccc3S2)s1. The highest BCUT2D eigenvalue weighted by Gasteiger charge is 2.26. The number of rotatable bonds is 5. The summed E-state index contributed by atoms with van der Waals surface area (Å²) in [6.07, 6.45) is 1.08. The molecule has 0 fully saturated rings. The standard InChI is InChI=1S/C15H19N3S2/c1-10(2)8-16-9-14-17-18-15(20-14)13-7-11-5-3-4-6-12(11)19-13/h3-6,10,13,16H,7-9H2,1-2H3. The molecule has 2 aromatic rings. The maximum Gasteiger partial charge on any atom is 0.131 e. The van der Waals surface area contributed by atoms with Gasteiger partial charge in [-0.05, 0) is 30.5 Å². The Balaban J connectivity index is 1.61. The zero-order chi connectivity index (χ0) is 13.9. The van der Waals surface area contributed by atoms with Crippen molar-refractivity contribution in [3.8, 4) is 0 Å². The largest absolute Gasteiger partial charge is 0.310 e. The lowest BCUT2D eigenvalue weighted by atomic mass is 10.1. The Morgan fingerprint density at radius 1 is 1.30 bits per heavy atom. The quantitative estimate of drug-likeness (QED) is 0.914. The molecule has 0 saturated carbocycles.